The molecular weight excluding hydrogens is 232 g/mol. The van der Waals surface area contributed by atoms with Crippen molar-refractivity contribution in [2.24, 2.45) is 5.92 Å². The van der Waals surface area contributed by atoms with Crippen molar-refractivity contribution in [1.82, 2.24) is 10.3 Å². The number of aromatic amines is 1. The fourth-order valence-corrected chi connectivity index (χ4v) is 3.61. The van der Waals surface area contributed by atoms with Gasteiger partial charge in [0, 0.05) is 23.1 Å². The lowest BCUT2D eigenvalue weighted by molar-refractivity contribution is 0.260. The zero-order valence-corrected chi connectivity index (χ0v) is 11.8. The molecule has 2 atom stereocenters. The van der Waals surface area contributed by atoms with Crippen LogP contribution < -0.4 is 5.32 Å². The van der Waals surface area contributed by atoms with E-state index in [-0.39, 0.29) is 0 Å². The van der Waals surface area contributed by atoms with Crippen molar-refractivity contribution in [3.8, 4) is 0 Å². The van der Waals surface area contributed by atoms with Crippen molar-refractivity contribution in [1.29, 1.82) is 0 Å². The maximum absolute atomic E-state index is 3.51. The summed E-state index contributed by atoms with van der Waals surface area (Å²) in [6.45, 7) is 0. The molecular formula is C17H24N2. The molecule has 3 rings (SSSR count). The Hall–Kier alpha value is -1.28. The van der Waals surface area contributed by atoms with Gasteiger partial charge in [0.2, 0.25) is 0 Å². The average Bonchev–Trinajstić information content (AvgIpc) is 2.89. The maximum atomic E-state index is 3.51. The van der Waals surface area contributed by atoms with Crippen LogP contribution in [0.5, 0.6) is 0 Å². The Morgan fingerprint density at radius 1 is 1.21 bits per heavy atom. The summed E-state index contributed by atoms with van der Waals surface area (Å²) in [5.41, 5.74) is 2.75. The molecule has 1 aliphatic carbocycles. The molecule has 1 fully saturated rings. The molecule has 1 aromatic carbocycles. The van der Waals surface area contributed by atoms with Crippen LogP contribution in [0.2, 0.25) is 0 Å². The van der Waals surface area contributed by atoms with E-state index in [4.69, 9.17) is 0 Å². The van der Waals surface area contributed by atoms with E-state index in [2.05, 4.69) is 47.8 Å². The number of rotatable bonds is 4. The summed E-state index contributed by atoms with van der Waals surface area (Å²) >= 11 is 0. The Bertz CT molecular complexity index is 529. The largest absolute Gasteiger partial charge is 0.361 e. The lowest BCUT2D eigenvalue weighted by atomic mass is 9.81. The number of nitrogens with one attached hydrogen (secondary N) is 2. The van der Waals surface area contributed by atoms with Crippen LogP contribution in [0.3, 0.4) is 0 Å². The standard InChI is InChI=1S/C17H24N2/c1-18-16-8-4-2-6-13(16)10-11-14-12-19-17-9-5-3-7-15(14)17/h3,5,7,9,12-13,16,18-19H,2,4,6,8,10-11H2,1H3. The van der Waals surface area contributed by atoms with E-state index in [1.165, 1.54) is 55.0 Å². The number of para-hydroxylation sites is 1. The van der Waals surface area contributed by atoms with Crippen LogP contribution in [-0.2, 0) is 6.42 Å². The lowest BCUT2D eigenvalue weighted by Gasteiger charge is -2.31. The van der Waals surface area contributed by atoms with E-state index in [9.17, 15) is 0 Å². The van der Waals surface area contributed by atoms with E-state index in [0.717, 1.165) is 12.0 Å². The summed E-state index contributed by atoms with van der Waals surface area (Å²) in [6.07, 6.45) is 10.3. The average molecular weight is 256 g/mol. The van der Waals surface area contributed by atoms with Crippen molar-refractivity contribution in [2.45, 2.75) is 44.6 Å². The highest BCUT2D eigenvalue weighted by molar-refractivity contribution is 5.82. The first kappa shape index (κ1) is 12.7. The third-order valence-corrected chi connectivity index (χ3v) is 4.74. The van der Waals surface area contributed by atoms with Crippen LogP contribution in [0, 0.1) is 5.92 Å². The Balaban J connectivity index is 1.68. The Morgan fingerprint density at radius 3 is 2.95 bits per heavy atom. The first-order valence-corrected chi connectivity index (χ1v) is 7.61. The molecule has 0 saturated heterocycles. The number of fused-ring (bicyclic) bond motifs is 1. The number of benzene rings is 1. The quantitative estimate of drug-likeness (QED) is 0.853. The molecule has 2 aromatic rings. The van der Waals surface area contributed by atoms with Crippen molar-refractivity contribution in [3.05, 3.63) is 36.0 Å². The molecule has 1 saturated carbocycles. The predicted molar refractivity (Wildman–Crippen MR) is 81.4 cm³/mol. The highest BCUT2D eigenvalue weighted by Crippen LogP contribution is 2.29. The van der Waals surface area contributed by atoms with Gasteiger partial charge in [-0.3, -0.25) is 0 Å². The van der Waals surface area contributed by atoms with Crippen LogP contribution in [0.4, 0.5) is 0 Å². The Labute approximate surface area is 115 Å². The van der Waals surface area contributed by atoms with Crippen molar-refractivity contribution < 1.29 is 0 Å². The molecule has 2 N–H and O–H groups in total. The molecule has 2 unspecified atom stereocenters. The zero-order chi connectivity index (χ0) is 13.1. The monoisotopic (exact) mass is 256 g/mol. The van der Waals surface area contributed by atoms with Gasteiger partial charge in [-0.25, -0.2) is 0 Å². The predicted octanol–water partition coefficient (Wildman–Crippen LogP) is 3.88. The second-order valence-electron chi connectivity index (χ2n) is 5.84. The minimum absolute atomic E-state index is 0.735. The van der Waals surface area contributed by atoms with Crippen LogP contribution in [-0.4, -0.2) is 18.1 Å². The highest BCUT2D eigenvalue weighted by Gasteiger charge is 2.23. The zero-order valence-electron chi connectivity index (χ0n) is 11.8. The second kappa shape index (κ2) is 5.79. The van der Waals surface area contributed by atoms with E-state index in [0.29, 0.717) is 0 Å². The number of H-pyrrole nitrogens is 1. The molecule has 102 valence electrons. The SMILES string of the molecule is CNC1CCCCC1CCc1c[nH]c2ccccc12. The number of hydrogen-bond acceptors (Lipinski definition) is 1. The normalized spacial score (nSPS) is 23.8. The van der Waals surface area contributed by atoms with Gasteiger partial charge in [-0.05, 0) is 50.3 Å². The minimum atomic E-state index is 0.735. The number of hydrogen-bond donors (Lipinski definition) is 2. The van der Waals surface area contributed by atoms with Gasteiger partial charge in [0.25, 0.3) is 0 Å². The Morgan fingerprint density at radius 2 is 2.05 bits per heavy atom. The van der Waals surface area contributed by atoms with E-state index in [1.54, 1.807) is 0 Å². The molecule has 2 heteroatoms. The first-order chi connectivity index (χ1) is 9.38. The van der Waals surface area contributed by atoms with E-state index >= 15 is 0 Å². The maximum Gasteiger partial charge on any atom is 0.0456 e. The molecule has 0 amide bonds. The van der Waals surface area contributed by atoms with E-state index in [1.807, 2.05) is 0 Å². The highest BCUT2D eigenvalue weighted by atomic mass is 14.9. The van der Waals surface area contributed by atoms with Crippen molar-refractivity contribution in [3.63, 3.8) is 0 Å². The van der Waals surface area contributed by atoms with Gasteiger partial charge < -0.3 is 10.3 Å². The van der Waals surface area contributed by atoms with Crippen LogP contribution in [0.1, 0.15) is 37.7 Å². The van der Waals surface area contributed by atoms with Crippen LogP contribution in [0.25, 0.3) is 10.9 Å². The minimum Gasteiger partial charge on any atom is -0.361 e. The summed E-state index contributed by atoms with van der Waals surface area (Å²) in [7, 11) is 2.12. The molecule has 1 aromatic heterocycles. The lowest BCUT2D eigenvalue weighted by Crippen LogP contribution is -2.36. The third kappa shape index (κ3) is 2.69. The van der Waals surface area contributed by atoms with Gasteiger partial charge in [-0.1, -0.05) is 31.0 Å². The van der Waals surface area contributed by atoms with Gasteiger partial charge in [0.05, 0.1) is 0 Å². The summed E-state index contributed by atoms with van der Waals surface area (Å²) < 4.78 is 0. The molecule has 19 heavy (non-hydrogen) atoms. The molecule has 0 radical (unpaired) electrons. The second-order valence-corrected chi connectivity index (χ2v) is 5.84. The smallest absolute Gasteiger partial charge is 0.0456 e. The number of aromatic nitrogens is 1. The summed E-state index contributed by atoms with van der Waals surface area (Å²) in [5.74, 6) is 0.854. The Kier molecular flexibility index (Phi) is 3.88. The van der Waals surface area contributed by atoms with Gasteiger partial charge >= 0.3 is 0 Å². The summed E-state index contributed by atoms with van der Waals surface area (Å²) in [5, 5.41) is 4.92. The van der Waals surface area contributed by atoms with Crippen molar-refractivity contribution >= 4 is 10.9 Å². The molecule has 1 aliphatic rings. The fourth-order valence-electron chi connectivity index (χ4n) is 3.61. The van der Waals surface area contributed by atoms with Gasteiger partial charge in [0.15, 0.2) is 0 Å². The van der Waals surface area contributed by atoms with Crippen LogP contribution in [0.15, 0.2) is 30.5 Å². The van der Waals surface area contributed by atoms with Crippen molar-refractivity contribution in [2.75, 3.05) is 7.05 Å². The molecule has 1 heterocycles. The topological polar surface area (TPSA) is 27.8 Å². The molecule has 2 nitrogen and oxygen atoms in total. The molecule has 0 aliphatic heterocycles. The van der Waals surface area contributed by atoms with Gasteiger partial charge in [0.1, 0.15) is 0 Å². The first-order valence-electron chi connectivity index (χ1n) is 7.61. The van der Waals surface area contributed by atoms with Gasteiger partial charge in [-0.15, -0.1) is 0 Å². The summed E-state index contributed by atoms with van der Waals surface area (Å²) in [4.78, 5) is 3.39. The fraction of sp³-hybridized carbons (Fsp3) is 0.529. The molecule has 0 spiro atoms. The molecule has 0 bridgehead atoms. The third-order valence-electron chi connectivity index (χ3n) is 4.74. The number of aryl methyl sites for hydroxylation is 1. The summed E-state index contributed by atoms with van der Waals surface area (Å²) in [6, 6.07) is 9.37. The van der Waals surface area contributed by atoms with E-state index < -0.39 is 0 Å². The van der Waals surface area contributed by atoms with Crippen LogP contribution >= 0.6 is 0 Å². The van der Waals surface area contributed by atoms with Gasteiger partial charge in [-0.2, -0.15) is 0 Å².